The summed E-state index contributed by atoms with van der Waals surface area (Å²) in [5, 5.41) is 8.68. The molecule has 5 heterocycles. The molecule has 0 amide bonds. The molecule has 0 aromatic carbocycles. The lowest BCUT2D eigenvalue weighted by molar-refractivity contribution is -0.00871. The summed E-state index contributed by atoms with van der Waals surface area (Å²) in [5.41, 5.74) is 2.24. The number of ether oxygens (including phenoxy) is 2. The van der Waals surface area contributed by atoms with E-state index in [0.29, 0.717) is 24.0 Å². The average Bonchev–Trinajstić information content (AvgIpc) is 3.27. The number of nitrogens with zero attached hydrogens (tertiary/aromatic N) is 5. The number of hydrogen-bond donors (Lipinski definition) is 0. The van der Waals surface area contributed by atoms with Crippen molar-refractivity contribution in [3.63, 3.8) is 0 Å². The monoisotopic (exact) mass is 345 g/mol. The Labute approximate surface area is 144 Å². The van der Waals surface area contributed by atoms with Gasteiger partial charge in [0.15, 0.2) is 0 Å². The second-order valence-corrected chi connectivity index (χ2v) is 6.91. The van der Waals surface area contributed by atoms with Crippen LogP contribution in [0.15, 0.2) is 18.3 Å². The fourth-order valence-corrected chi connectivity index (χ4v) is 4.15. The van der Waals surface area contributed by atoms with Gasteiger partial charge in [0.1, 0.15) is 11.5 Å². The normalized spacial score (nSPS) is 27.2. The van der Waals surface area contributed by atoms with Gasteiger partial charge in [-0.3, -0.25) is 9.88 Å². The van der Waals surface area contributed by atoms with E-state index in [1.165, 1.54) is 12.3 Å². The summed E-state index contributed by atoms with van der Waals surface area (Å²) < 4.78 is 26.7. The zero-order valence-corrected chi connectivity index (χ0v) is 13.8. The van der Waals surface area contributed by atoms with Gasteiger partial charge in [-0.25, -0.2) is 9.07 Å². The smallest absolute Gasteiger partial charge is 0.141 e. The second kappa shape index (κ2) is 6.12. The summed E-state index contributed by atoms with van der Waals surface area (Å²) in [4.78, 5) is 6.64. The van der Waals surface area contributed by atoms with Gasteiger partial charge in [0.25, 0.3) is 0 Å². The van der Waals surface area contributed by atoms with Crippen molar-refractivity contribution in [1.29, 1.82) is 0 Å². The Morgan fingerprint density at radius 2 is 2.04 bits per heavy atom. The molecule has 0 bridgehead atoms. The summed E-state index contributed by atoms with van der Waals surface area (Å²) in [6.45, 7) is 3.99. The molecule has 0 N–H and O–H groups in total. The first-order valence-corrected chi connectivity index (χ1v) is 8.79. The van der Waals surface area contributed by atoms with Crippen LogP contribution in [-0.2, 0) is 16.1 Å². The lowest BCUT2D eigenvalue weighted by Crippen LogP contribution is -2.38. The highest BCUT2D eigenvalue weighted by Crippen LogP contribution is 2.35. The van der Waals surface area contributed by atoms with Gasteiger partial charge in [-0.05, 0) is 25.0 Å². The quantitative estimate of drug-likeness (QED) is 0.820. The number of aromatic nitrogens is 4. The summed E-state index contributed by atoms with van der Waals surface area (Å²) >= 11 is 0. The summed E-state index contributed by atoms with van der Waals surface area (Å²) in [6, 6.07) is 3.76. The Morgan fingerprint density at radius 3 is 2.84 bits per heavy atom. The van der Waals surface area contributed by atoms with Crippen LogP contribution in [0, 0.1) is 5.82 Å². The van der Waals surface area contributed by atoms with Crippen molar-refractivity contribution in [2.75, 3.05) is 26.3 Å². The highest BCUT2D eigenvalue weighted by Gasteiger charge is 2.43. The molecular weight excluding hydrogens is 325 g/mol. The fourth-order valence-electron chi connectivity index (χ4n) is 4.15. The molecule has 0 aliphatic carbocycles. The molecule has 0 spiro atoms. The van der Waals surface area contributed by atoms with Crippen LogP contribution in [0.3, 0.4) is 0 Å². The van der Waals surface area contributed by atoms with E-state index in [1.807, 2.05) is 4.68 Å². The van der Waals surface area contributed by atoms with Gasteiger partial charge in [0, 0.05) is 32.3 Å². The molecule has 2 aromatic heterocycles. The van der Waals surface area contributed by atoms with Crippen LogP contribution in [0.5, 0.6) is 0 Å². The minimum atomic E-state index is -0.357. The maximum Gasteiger partial charge on any atom is 0.141 e. The third-order valence-electron chi connectivity index (χ3n) is 5.48. The van der Waals surface area contributed by atoms with E-state index in [4.69, 9.17) is 9.47 Å². The largest absolute Gasteiger partial charge is 0.381 e. The maximum atomic E-state index is 13.1. The van der Waals surface area contributed by atoms with E-state index in [-0.39, 0.29) is 18.0 Å². The molecule has 0 radical (unpaired) electrons. The van der Waals surface area contributed by atoms with E-state index in [1.54, 1.807) is 6.07 Å². The van der Waals surface area contributed by atoms with E-state index in [0.717, 1.165) is 44.8 Å². The van der Waals surface area contributed by atoms with Gasteiger partial charge in [0.2, 0.25) is 0 Å². The first kappa shape index (κ1) is 15.4. The molecule has 1 unspecified atom stereocenters. The van der Waals surface area contributed by atoms with Crippen LogP contribution < -0.4 is 0 Å². The summed E-state index contributed by atoms with van der Waals surface area (Å²) in [5.74, 6) is -0.357. The molecule has 2 fully saturated rings. The van der Waals surface area contributed by atoms with Crippen molar-refractivity contribution in [3.8, 4) is 11.4 Å². The maximum absolute atomic E-state index is 13.1. The Hall–Kier alpha value is -1.90. The van der Waals surface area contributed by atoms with Crippen molar-refractivity contribution >= 4 is 0 Å². The van der Waals surface area contributed by atoms with Gasteiger partial charge in [-0.15, -0.1) is 5.10 Å². The highest BCUT2D eigenvalue weighted by molar-refractivity contribution is 5.56. The topological polar surface area (TPSA) is 65.3 Å². The molecule has 2 atom stereocenters. The van der Waals surface area contributed by atoms with Gasteiger partial charge < -0.3 is 9.47 Å². The first-order valence-electron chi connectivity index (χ1n) is 8.79. The Morgan fingerprint density at radius 1 is 1.16 bits per heavy atom. The van der Waals surface area contributed by atoms with Gasteiger partial charge >= 0.3 is 0 Å². The highest BCUT2D eigenvalue weighted by atomic mass is 19.1. The van der Waals surface area contributed by atoms with Gasteiger partial charge in [-0.1, -0.05) is 5.21 Å². The first-order chi connectivity index (χ1) is 12.3. The third kappa shape index (κ3) is 2.65. The lowest BCUT2D eigenvalue weighted by atomic mass is 10.1. The molecule has 2 saturated heterocycles. The van der Waals surface area contributed by atoms with E-state index < -0.39 is 0 Å². The molecule has 3 aliphatic rings. The molecule has 8 heteroatoms. The zero-order valence-electron chi connectivity index (χ0n) is 13.8. The van der Waals surface area contributed by atoms with Crippen LogP contribution in [0.4, 0.5) is 4.39 Å². The summed E-state index contributed by atoms with van der Waals surface area (Å²) in [7, 11) is 0. The molecule has 5 rings (SSSR count). The van der Waals surface area contributed by atoms with E-state index in [2.05, 4.69) is 20.2 Å². The van der Waals surface area contributed by atoms with Crippen LogP contribution >= 0.6 is 0 Å². The molecule has 0 saturated carbocycles. The summed E-state index contributed by atoms with van der Waals surface area (Å²) in [6.07, 6.45) is 3.50. The standard InChI is InChI=1S/C17H20FN5O2/c18-11-1-2-13(19-7-11)17-15-10-25-16-9-22(12-3-5-24-6-4-12)8-14(16)23(15)21-20-17/h1-2,7,12,14,16H,3-6,8-10H2/t14?,16-/m0/s1. The number of rotatable bonds is 2. The van der Waals surface area contributed by atoms with E-state index in [9.17, 15) is 4.39 Å². The zero-order chi connectivity index (χ0) is 16.8. The van der Waals surface area contributed by atoms with Crippen molar-refractivity contribution < 1.29 is 13.9 Å². The van der Waals surface area contributed by atoms with Crippen LogP contribution in [0.1, 0.15) is 24.6 Å². The Balaban J connectivity index is 1.41. The van der Waals surface area contributed by atoms with Crippen LogP contribution in [0.2, 0.25) is 0 Å². The fraction of sp³-hybridized carbons (Fsp3) is 0.588. The number of fused-ring (bicyclic) bond motifs is 3. The van der Waals surface area contributed by atoms with Crippen molar-refractivity contribution in [1.82, 2.24) is 24.9 Å². The number of pyridine rings is 1. The predicted octanol–water partition coefficient (Wildman–Crippen LogP) is 1.41. The van der Waals surface area contributed by atoms with Crippen LogP contribution in [0.25, 0.3) is 11.4 Å². The Bertz CT molecular complexity index is 759. The van der Waals surface area contributed by atoms with E-state index >= 15 is 0 Å². The predicted molar refractivity (Wildman–Crippen MR) is 86.2 cm³/mol. The SMILES string of the molecule is Fc1ccc(-c2nnn3c2CO[C@H]2CN(C4CCOCC4)CC23)nc1. The van der Waals surface area contributed by atoms with Crippen molar-refractivity contribution in [2.24, 2.45) is 0 Å². The van der Waals surface area contributed by atoms with Crippen molar-refractivity contribution in [2.45, 2.75) is 37.6 Å². The molecule has 7 nitrogen and oxygen atoms in total. The number of likely N-dealkylation sites (tertiary alicyclic amines) is 1. The third-order valence-corrected chi connectivity index (χ3v) is 5.48. The van der Waals surface area contributed by atoms with Gasteiger partial charge in [-0.2, -0.15) is 0 Å². The average molecular weight is 345 g/mol. The molecule has 2 aromatic rings. The molecule has 3 aliphatic heterocycles. The second-order valence-electron chi connectivity index (χ2n) is 6.91. The Kier molecular flexibility index (Phi) is 3.76. The number of halogens is 1. The molecule has 25 heavy (non-hydrogen) atoms. The molecular formula is C17H20FN5O2. The van der Waals surface area contributed by atoms with Crippen LogP contribution in [-0.4, -0.2) is 63.3 Å². The van der Waals surface area contributed by atoms with Gasteiger partial charge in [0.05, 0.1) is 36.3 Å². The minimum Gasteiger partial charge on any atom is -0.381 e. The molecule has 132 valence electrons. The lowest BCUT2D eigenvalue weighted by Gasteiger charge is -2.30. The number of hydrogen-bond acceptors (Lipinski definition) is 6. The minimum absolute atomic E-state index is 0.145. The van der Waals surface area contributed by atoms with Crippen molar-refractivity contribution in [3.05, 3.63) is 29.8 Å².